The SMILES string of the molecule is COc1ccc([C@@]2(O)C[N+]3=C(SCCC3)N2c2ccccc2C)cc1. The first-order valence-electron chi connectivity index (χ1n) is 8.61. The van der Waals surface area contributed by atoms with Crippen molar-refractivity contribution in [3.8, 4) is 5.75 Å². The molecule has 1 N–H and O–H groups in total. The van der Waals surface area contributed by atoms with Crippen molar-refractivity contribution in [1.29, 1.82) is 0 Å². The number of amidine groups is 1. The van der Waals surface area contributed by atoms with Gasteiger partial charge in [-0.25, -0.2) is 4.58 Å². The van der Waals surface area contributed by atoms with Gasteiger partial charge in [0.1, 0.15) is 11.4 Å². The Labute approximate surface area is 152 Å². The van der Waals surface area contributed by atoms with Gasteiger partial charge in [0.2, 0.25) is 0 Å². The van der Waals surface area contributed by atoms with Crippen molar-refractivity contribution < 1.29 is 14.4 Å². The number of ether oxygens (including phenoxy) is 1. The molecular weight excluding hydrogens is 332 g/mol. The second-order valence-corrected chi connectivity index (χ2v) is 7.64. The molecule has 2 aliphatic heterocycles. The molecule has 4 rings (SSSR count). The lowest BCUT2D eigenvalue weighted by Gasteiger charge is -2.29. The summed E-state index contributed by atoms with van der Waals surface area (Å²) in [6.07, 6.45) is 1.15. The number of aliphatic hydroxyl groups is 1. The van der Waals surface area contributed by atoms with Crippen LogP contribution in [-0.4, -0.2) is 40.8 Å². The molecule has 0 fully saturated rings. The summed E-state index contributed by atoms with van der Waals surface area (Å²) in [5, 5.41) is 13.0. The third-order valence-electron chi connectivity index (χ3n) is 4.96. The van der Waals surface area contributed by atoms with Crippen LogP contribution < -0.4 is 9.64 Å². The molecule has 0 spiro atoms. The van der Waals surface area contributed by atoms with Crippen molar-refractivity contribution in [3.05, 3.63) is 59.7 Å². The number of benzene rings is 2. The highest BCUT2D eigenvalue weighted by Crippen LogP contribution is 2.41. The number of para-hydroxylation sites is 1. The zero-order valence-electron chi connectivity index (χ0n) is 14.6. The molecule has 1 atom stereocenters. The molecule has 2 aromatic carbocycles. The number of hydrogen-bond donors (Lipinski definition) is 1. The van der Waals surface area contributed by atoms with Crippen molar-refractivity contribution >= 4 is 22.6 Å². The Morgan fingerprint density at radius 1 is 1.16 bits per heavy atom. The second kappa shape index (κ2) is 6.39. The van der Waals surface area contributed by atoms with Crippen molar-refractivity contribution in [1.82, 2.24) is 0 Å². The van der Waals surface area contributed by atoms with Crippen LogP contribution in [0, 0.1) is 6.92 Å². The topological polar surface area (TPSA) is 35.7 Å². The Hall–Kier alpha value is -1.98. The van der Waals surface area contributed by atoms with Crippen LogP contribution in [0.2, 0.25) is 0 Å². The quantitative estimate of drug-likeness (QED) is 0.858. The lowest BCUT2D eigenvalue weighted by Crippen LogP contribution is -2.47. The zero-order valence-corrected chi connectivity index (χ0v) is 15.4. The second-order valence-electron chi connectivity index (χ2n) is 6.57. The fraction of sp³-hybridized carbons (Fsp3) is 0.350. The van der Waals surface area contributed by atoms with Gasteiger partial charge in [-0.15, -0.1) is 0 Å². The average molecular weight is 355 g/mol. The minimum absolute atomic E-state index is 0.579. The Balaban J connectivity index is 1.84. The van der Waals surface area contributed by atoms with Crippen LogP contribution in [0.25, 0.3) is 0 Å². The van der Waals surface area contributed by atoms with Gasteiger partial charge in [-0.3, -0.25) is 0 Å². The first-order chi connectivity index (χ1) is 12.1. The molecular formula is C20H23N2O2S+. The number of hydrogen-bond acceptors (Lipinski definition) is 4. The zero-order chi connectivity index (χ0) is 17.4. The summed E-state index contributed by atoms with van der Waals surface area (Å²) in [6, 6.07) is 16.0. The van der Waals surface area contributed by atoms with Crippen LogP contribution in [-0.2, 0) is 5.72 Å². The van der Waals surface area contributed by atoms with Gasteiger partial charge in [-0.2, -0.15) is 4.90 Å². The summed E-state index contributed by atoms with van der Waals surface area (Å²) in [7, 11) is 1.66. The van der Waals surface area contributed by atoms with E-state index in [2.05, 4.69) is 28.5 Å². The molecule has 0 saturated carbocycles. The number of nitrogens with zero attached hydrogens (tertiary/aromatic N) is 2. The lowest BCUT2D eigenvalue weighted by atomic mass is 10.00. The normalized spacial score (nSPS) is 22.9. The lowest BCUT2D eigenvalue weighted by molar-refractivity contribution is -0.532. The van der Waals surface area contributed by atoms with Crippen LogP contribution in [0.3, 0.4) is 0 Å². The van der Waals surface area contributed by atoms with E-state index in [9.17, 15) is 5.11 Å². The molecule has 0 aliphatic carbocycles. The highest BCUT2D eigenvalue weighted by Gasteiger charge is 2.55. The van der Waals surface area contributed by atoms with E-state index in [-0.39, 0.29) is 0 Å². The van der Waals surface area contributed by atoms with Gasteiger partial charge in [0.05, 0.1) is 13.7 Å². The van der Waals surface area contributed by atoms with E-state index in [0.717, 1.165) is 46.4 Å². The summed E-state index contributed by atoms with van der Waals surface area (Å²) < 4.78 is 7.59. The van der Waals surface area contributed by atoms with E-state index < -0.39 is 5.72 Å². The van der Waals surface area contributed by atoms with E-state index in [1.54, 1.807) is 7.11 Å². The summed E-state index contributed by atoms with van der Waals surface area (Å²) in [6.45, 7) is 3.67. The van der Waals surface area contributed by atoms with Gasteiger partial charge in [0.15, 0.2) is 6.54 Å². The number of aryl methyl sites for hydroxylation is 1. The number of rotatable bonds is 3. The number of thioether (sulfide) groups is 1. The maximum absolute atomic E-state index is 11.8. The van der Waals surface area contributed by atoms with Crippen molar-refractivity contribution in [2.75, 3.05) is 30.9 Å². The molecule has 2 aromatic rings. The molecule has 0 saturated heterocycles. The van der Waals surface area contributed by atoms with Crippen molar-refractivity contribution in [2.24, 2.45) is 0 Å². The largest absolute Gasteiger partial charge is 0.497 e. The van der Waals surface area contributed by atoms with Gasteiger partial charge >= 0.3 is 5.17 Å². The highest BCUT2D eigenvalue weighted by molar-refractivity contribution is 8.14. The van der Waals surface area contributed by atoms with Crippen LogP contribution in [0.15, 0.2) is 48.5 Å². The standard InChI is InChI=1S/C20H23N2O2S/c1-15-6-3-4-7-18(15)22-19-21(12-5-13-25-19)14-20(22,23)16-8-10-17(24-2)11-9-16/h3-4,6-11,23H,5,12-14H2,1-2H3/q+1/t20-/m0/s1. The first-order valence-corrected chi connectivity index (χ1v) is 9.59. The van der Waals surface area contributed by atoms with Gasteiger partial charge in [-0.1, -0.05) is 18.2 Å². The molecule has 130 valence electrons. The Morgan fingerprint density at radius 3 is 2.64 bits per heavy atom. The third kappa shape index (κ3) is 2.71. The molecule has 5 heteroatoms. The van der Waals surface area contributed by atoms with Crippen LogP contribution >= 0.6 is 11.8 Å². The predicted molar refractivity (Wildman–Crippen MR) is 103 cm³/mol. The van der Waals surface area contributed by atoms with E-state index in [4.69, 9.17) is 4.74 Å². The molecule has 0 bridgehead atoms. The molecule has 25 heavy (non-hydrogen) atoms. The summed E-state index contributed by atoms with van der Waals surface area (Å²) >= 11 is 1.83. The molecule has 0 amide bonds. The summed E-state index contributed by atoms with van der Waals surface area (Å²) in [5.74, 6) is 1.89. The van der Waals surface area contributed by atoms with Gasteiger partial charge in [0.25, 0.3) is 5.72 Å². The molecule has 2 aliphatic rings. The van der Waals surface area contributed by atoms with E-state index >= 15 is 0 Å². The Bertz CT molecular complexity index is 819. The minimum Gasteiger partial charge on any atom is -0.497 e. The van der Waals surface area contributed by atoms with Gasteiger partial charge in [0, 0.05) is 11.3 Å². The van der Waals surface area contributed by atoms with Crippen molar-refractivity contribution in [3.63, 3.8) is 0 Å². The molecule has 0 unspecified atom stereocenters. The summed E-state index contributed by atoms with van der Waals surface area (Å²) in [4.78, 5) is 2.12. The number of anilines is 1. The predicted octanol–water partition coefficient (Wildman–Crippen LogP) is 3.17. The maximum atomic E-state index is 11.8. The fourth-order valence-electron chi connectivity index (χ4n) is 3.65. The molecule has 0 radical (unpaired) electrons. The highest BCUT2D eigenvalue weighted by atomic mass is 32.2. The molecule has 0 aromatic heterocycles. The summed E-state index contributed by atoms with van der Waals surface area (Å²) in [5.41, 5.74) is 2.03. The monoisotopic (exact) mass is 355 g/mol. The van der Waals surface area contributed by atoms with Crippen LogP contribution in [0.4, 0.5) is 5.69 Å². The van der Waals surface area contributed by atoms with Gasteiger partial charge in [-0.05, 0) is 61.0 Å². The van der Waals surface area contributed by atoms with Crippen LogP contribution in [0.5, 0.6) is 5.75 Å². The smallest absolute Gasteiger partial charge is 0.316 e. The Morgan fingerprint density at radius 2 is 1.92 bits per heavy atom. The third-order valence-corrected chi connectivity index (χ3v) is 6.15. The van der Waals surface area contributed by atoms with Gasteiger partial charge < -0.3 is 9.84 Å². The number of methoxy groups -OCH3 is 1. The fourth-order valence-corrected chi connectivity index (χ4v) is 4.82. The van der Waals surface area contributed by atoms with E-state index in [1.807, 2.05) is 48.2 Å². The molecule has 4 nitrogen and oxygen atoms in total. The molecule has 2 heterocycles. The van der Waals surface area contributed by atoms with E-state index in [1.165, 1.54) is 0 Å². The van der Waals surface area contributed by atoms with E-state index in [0.29, 0.717) is 6.54 Å². The van der Waals surface area contributed by atoms with Crippen molar-refractivity contribution in [2.45, 2.75) is 19.1 Å². The van der Waals surface area contributed by atoms with Crippen LogP contribution in [0.1, 0.15) is 17.5 Å². The average Bonchev–Trinajstić information content (AvgIpc) is 2.95. The Kier molecular flexibility index (Phi) is 4.21. The first kappa shape index (κ1) is 16.5. The minimum atomic E-state index is -1.08. The maximum Gasteiger partial charge on any atom is 0.316 e.